The maximum atomic E-state index is 5.93. The number of rotatable bonds is 4. The molecule has 1 unspecified atom stereocenters. The zero-order valence-corrected chi connectivity index (χ0v) is 15.0. The van der Waals surface area contributed by atoms with Crippen molar-refractivity contribution >= 4 is 0 Å². The highest BCUT2D eigenvalue weighted by Crippen LogP contribution is 2.39. The van der Waals surface area contributed by atoms with Gasteiger partial charge in [0, 0.05) is 18.7 Å². The van der Waals surface area contributed by atoms with Gasteiger partial charge in [0.1, 0.15) is 5.75 Å². The Kier molecular flexibility index (Phi) is 5.18. The minimum absolute atomic E-state index is 0.0779. The molecule has 3 nitrogen and oxygen atoms in total. The smallest absolute Gasteiger partial charge is 0.124 e. The highest BCUT2D eigenvalue weighted by molar-refractivity contribution is 5.41. The summed E-state index contributed by atoms with van der Waals surface area (Å²) in [6.07, 6.45) is 1.21. The van der Waals surface area contributed by atoms with E-state index < -0.39 is 0 Å². The lowest BCUT2D eigenvalue weighted by Gasteiger charge is -2.34. The van der Waals surface area contributed by atoms with Gasteiger partial charge in [0.15, 0.2) is 0 Å². The van der Waals surface area contributed by atoms with Gasteiger partial charge < -0.3 is 14.8 Å². The Balaban J connectivity index is 2.33. The van der Waals surface area contributed by atoms with Crippen molar-refractivity contribution < 1.29 is 9.47 Å². The first kappa shape index (κ1) is 17.3. The summed E-state index contributed by atoms with van der Waals surface area (Å²) in [6.45, 7) is 14.1. The van der Waals surface area contributed by atoms with Crippen molar-refractivity contribution in [2.75, 3.05) is 26.8 Å². The maximum Gasteiger partial charge on any atom is 0.124 e. The molecule has 0 bridgehead atoms. The van der Waals surface area contributed by atoms with Crippen molar-refractivity contribution in [2.45, 2.75) is 52.6 Å². The van der Waals surface area contributed by atoms with Gasteiger partial charge in [-0.25, -0.2) is 0 Å². The summed E-state index contributed by atoms with van der Waals surface area (Å²) in [4.78, 5) is 0. The van der Waals surface area contributed by atoms with Gasteiger partial charge >= 0.3 is 0 Å². The summed E-state index contributed by atoms with van der Waals surface area (Å²) in [5.74, 6) is 0.920. The molecule has 0 spiro atoms. The van der Waals surface area contributed by atoms with Crippen molar-refractivity contribution in [3.8, 4) is 5.75 Å². The molecule has 0 aromatic heterocycles. The van der Waals surface area contributed by atoms with Gasteiger partial charge in [-0.3, -0.25) is 0 Å². The van der Waals surface area contributed by atoms with Crippen molar-refractivity contribution in [3.63, 3.8) is 0 Å². The van der Waals surface area contributed by atoms with E-state index in [9.17, 15) is 0 Å². The summed E-state index contributed by atoms with van der Waals surface area (Å²) >= 11 is 0. The molecule has 0 saturated carbocycles. The molecule has 22 heavy (non-hydrogen) atoms. The summed E-state index contributed by atoms with van der Waals surface area (Å²) in [7, 11) is 1.73. The average Bonchev–Trinajstić information content (AvgIpc) is 2.45. The number of hydrogen-bond donors (Lipinski definition) is 1. The zero-order valence-electron chi connectivity index (χ0n) is 15.0. The first-order valence-corrected chi connectivity index (χ1v) is 8.24. The summed E-state index contributed by atoms with van der Waals surface area (Å²) in [5.41, 5.74) is 2.94. The molecule has 1 N–H and O–H groups in total. The second-order valence-corrected chi connectivity index (χ2v) is 8.14. The van der Waals surface area contributed by atoms with Crippen LogP contribution in [-0.2, 0) is 10.2 Å². The fraction of sp³-hybridized carbons (Fsp3) is 0.684. The molecule has 2 rings (SSSR count). The third-order valence-electron chi connectivity index (χ3n) is 4.26. The van der Waals surface area contributed by atoms with Crippen LogP contribution >= 0.6 is 0 Å². The number of hydrogen-bond acceptors (Lipinski definition) is 3. The van der Waals surface area contributed by atoms with E-state index in [2.05, 4.69) is 58.1 Å². The van der Waals surface area contributed by atoms with E-state index in [1.807, 2.05) is 0 Å². The predicted octanol–water partition coefficient (Wildman–Crippen LogP) is 4.07. The molecular formula is C19H31NO2. The minimum atomic E-state index is 0.0779. The van der Waals surface area contributed by atoms with E-state index in [0.717, 1.165) is 37.4 Å². The largest absolute Gasteiger partial charge is 0.496 e. The Labute approximate surface area is 135 Å². The zero-order chi connectivity index (χ0) is 16.4. The Hall–Kier alpha value is -1.06. The van der Waals surface area contributed by atoms with Gasteiger partial charge in [-0.2, -0.15) is 0 Å². The van der Waals surface area contributed by atoms with Gasteiger partial charge in [-0.15, -0.1) is 0 Å². The average molecular weight is 305 g/mol. The van der Waals surface area contributed by atoms with Crippen LogP contribution < -0.4 is 10.1 Å². The van der Waals surface area contributed by atoms with E-state index in [0.29, 0.717) is 5.41 Å². The fourth-order valence-electron chi connectivity index (χ4n) is 3.60. The van der Waals surface area contributed by atoms with E-state index >= 15 is 0 Å². The molecule has 1 atom stereocenters. The molecule has 0 radical (unpaired) electrons. The molecule has 1 saturated heterocycles. The molecule has 1 aromatic carbocycles. The monoisotopic (exact) mass is 305 g/mol. The molecule has 0 amide bonds. The van der Waals surface area contributed by atoms with E-state index in [4.69, 9.17) is 9.47 Å². The van der Waals surface area contributed by atoms with E-state index in [1.165, 1.54) is 5.56 Å². The Morgan fingerprint density at radius 1 is 1.23 bits per heavy atom. The first-order chi connectivity index (χ1) is 10.2. The highest BCUT2D eigenvalue weighted by atomic mass is 16.5. The van der Waals surface area contributed by atoms with Gasteiger partial charge in [0.25, 0.3) is 0 Å². The standard InChI is InChI=1S/C19H31NO2/c1-18(2,3)13-19(4,5)14-7-8-16(21-6)15(11-14)17-12-20-9-10-22-17/h7-8,11,17,20H,9-10,12-13H2,1-6H3. The van der Waals surface area contributed by atoms with Gasteiger partial charge in [-0.05, 0) is 34.9 Å². The lowest BCUT2D eigenvalue weighted by atomic mass is 9.72. The fourth-order valence-corrected chi connectivity index (χ4v) is 3.60. The second kappa shape index (κ2) is 6.59. The lowest BCUT2D eigenvalue weighted by molar-refractivity contribution is 0.0261. The summed E-state index contributed by atoms with van der Waals surface area (Å²) in [5, 5.41) is 3.40. The van der Waals surface area contributed by atoms with E-state index in [1.54, 1.807) is 7.11 Å². The Bertz CT molecular complexity index is 497. The molecule has 1 aromatic rings. The summed E-state index contributed by atoms with van der Waals surface area (Å²) < 4.78 is 11.5. The first-order valence-electron chi connectivity index (χ1n) is 8.24. The van der Waals surface area contributed by atoms with Gasteiger partial charge in [-0.1, -0.05) is 40.7 Å². The van der Waals surface area contributed by atoms with Crippen molar-refractivity contribution in [3.05, 3.63) is 29.3 Å². The maximum absolute atomic E-state index is 5.93. The molecule has 1 heterocycles. The topological polar surface area (TPSA) is 30.5 Å². The SMILES string of the molecule is COc1ccc(C(C)(C)CC(C)(C)C)cc1C1CNCCO1. The normalized spacial score (nSPS) is 20.0. The van der Waals surface area contributed by atoms with Crippen LogP contribution in [0.2, 0.25) is 0 Å². The quantitative estimate of drug-likeness (QED) is 0.909. The number of morpholine rings is 1. The third kappa shape index (κ3) is 4.23. The Morgan fingerprint density at radius 3 is 2.50 bits per heavy atom. The van der Waals surface area contributed by atoms with Crippen LogP contribution in [0.25, 0.3) is 0 Å². The molecule has 1 aliphatic rings. The molecular weight excluding hydrogens is 274 g/mol. The highest BCUT2D eigenvalue weighted by Gasteiger charge is 2.29. The lowest BCUT2D eigenvalue weighted by Crippen LogP contribution is -2.33. The van der Waals surface area contributed by atoms with Crippen LogP contribution in [0.4, 0.5) is 0 Å². The predicted molar refractivity (Wildman–Crippen MR) is 91.7 cm³/mol. The minimum Gasteiger partial charge on any atom is -0.496 e. The number of benzene rings is 1. The van der Waals surface area contributed by atoms with E-state index in [-0.39, 0.29) is 11.5 Å². The van der Waals surface area contributed by atoms with Crippen molar-refractivity contribution in [1.29, 1.82) is 0 Å². The van der Waals surface area contributed by atoms with Crippen LogP contribution in [-0.4, -0.2) is 26.8 Å². The molecule has 1 aliphatic heterocycles. The third-order valence-corrected chi connectivity index (χ3v) is 4.26. The van der Waals surface area contributed by atoms with Crippen LogP contribution in [0.15, 0.2) is 18.2 Å². The Morgan fingerprint density at radius 2 is 1.95 bits per heavy atom. The van der Waals surface area contributed by atoms with Crippen molar-refractivity contribution in [1.82, 2.24) is 5.32 Å². The molecule has 124 valence electrons. The van der Waals surface area contributed by atoms with Crippen LogP contribution in [0, 0.1) is 5.41 Å². The number of ether oxygens (including phenoxy) is 2. The molecule has 0 aliphatic carbocycles. The second-order valence-electron chi connectivity index (χ2n) is 8.14. The van der Waals surface area contributed by atoms with Crippen LogP contribution in [0.3, 0.4) is 0 Å². The number of methoxy groups -OCH3 is 1. The van der Waals surface area contributed by atoms with Crippen LogP contribution in [0.5, 0.6) is 5.75 Å². The van der Waals surface area contributed by atoms with Gasteiger partial charge in [0.2, 0.25) is 0 Å². The van der Waals surface area contributed by atoms with Crippen LogP contribution in [0.1, 0.15) is 58.3 Å². The number of nitrogens with one attached hydrogen (secondary N) is 1. The molecule has 3 heteroatoms. The van der Waals surface area contributed by atoms with Gasteiger partial charge in [0.05, 0.1) is 19.8 Å². The molecule has 1 fully saturated rings. The van der Waals surface area contributed by atoms with Crippen molar-refractivity contribution in [2.24, 2.45) is 5.41 Å². The summed E-state index contributed by atoms with van der Waals surface area (Å²) in [6, 6.07) is 6.57.